The fourth-order valence-corrected chi connectivity index (χ4v) is 1.55. The standard InChI is InChI=1S/C16H9F2NO2/c17-14(12-4-2-1-3-5-12)15(18)16(20)21-13-8-6-11(10-19)7-9-13/h1-9H/b15-14-. The van der Waals surface area contributed by atoms with Gasteiger partial charge in [-0.05, 0) is 24.3 Å². The van der Waals surface area contributed by atoms with E-state index in [-0.39, 0.29) is 11.3 Å². The highest BCUT2D eigenvalue weighted by Gasteiger charge is 2.19. The maximum Gasteiger partial charge on any atom is 0.375 e. The topological polar surface area (TPSA) is 50.1 Å². The van der Waals surface area contributed by atoms with E-state index in [1.54, 1.807) is 6.07 Å². The van der Waals surface area contributed by atoms with Crippen LogP contribution < -0.4 is 4.74 Å². The molecule has 0 aromatic heterocycles. The van der Waals surface area contributed by atoms with Crippen LogP contribution >= 0.6 is 0 Å². The number of esters is 1. The first-order chi connectivity index (χ1) is 10.1. The lowest BCUT2D eigenvalue weighted by Gasteiger charge is -2.04. The molecule has 104 valence electrons. The van der Waals surface area contributed by atoms with Crippen LogP contribution in [0.15, 0.2) is 60.4 Å². The number of carbonyl (C=O) groups is 1. The summed E-state index contributed by atoms with van der Waals surface area (Å²) < 4.78 is 32.1. The third-order valence-electron chi connectivity index (χ3n) is 2.59. The average molecular weight is 285 g/mol. The number of nitrogens with zero attached hydrogens (tertiary/aromatic N) is 1. The molecule has 2 rings (SSSR count). The molecule has 0 heterocycles. The van der Waals surface area contributed by atoms with E-state index in [1.807, 2.05) is 6.07 Å². The van der Waals surface area contributed by atoms with E-state index in [4.69, 9.17) is 10.00 Å². The van der Waals surface area contributed by atoms with Gasteiger partial charge in [0.25, 0.3) is 0 Å². The molecule has 0 aliphatic heterocycles. The summed E-state index contributed by atoms with van der Waals surface area (Å²) in [5, 5.41) is 8.62. The minimum absolute atomic E-state index is 0.0232. The van der Waals surface area contributed by atoms with Crippen LogP contribution in [-0.2, 0) is 4.79 Å². The first-order valence-corrected chi connectivity index (χ1v) is 5.95. The van der Waals surface area contributed by atoms with Crippen molar-refractivity contribution in [1.29, 1.82) is 5.26 Å². The summed E-state index contributed by atoms with van der Waals surface area (Å²) in [5.41, 5.74) is 0.313. The zero-order valence-corrected chi connectivity index (χ0v) is 10.7. The normalized spacial score (nSPS) is 11.3. The molecule has 2 aromatic carbocycles. The Morgan fingerprint density at radius 2 is 1.62 bits per heavy atom. The second-order valence-corrected chi connectivity index (χ2v) is 4.02. The molecule has 5 heteroatoms. The van der Waals surface area contributed by atoms with Gasteiger partial charge >= 0.3 is 5.97 Å². The van der Waals surface area contributed by atoms with Gasteiger partial charge in [-0.25, -0.2) is 9.18 Å². The van der Waals surface area contributed by atoms with Crippen LogP contribution in [0, 0.1) is 11.3 Å². The highest BCUT2D eigenvalue weighted by molar-refractivity contribution is 5.94. The number of rotatable bonds is 3. The van der Waals surface area contributed by atoms with E-state index < -0.39 is 17.6 Å². The Kier molecular flexibility index (Phi) is 4.42. The third-order valence-corrected chi connectivity index (χ3v) is 2.59. The summed E-state index contributed by atoms with van der Waals surface area (Å²) in [6.07, 6.45) is 0. The van der Waals surface area contributed by atoms with Gasteiger partial charge in [0, 0.05) is 5.56 Å². The summed E-state index contributed by atoms with van der Waals surface area (Å²) in [7, 11) is 0. The van der Waals surface area contributed by atoms with Crippen LogP contribution in [0.5, 0.6) is 5.75 Å². The zero-order valence-electron chi connectivity index (χ0n) is 10.7. The summed E-state index contributed by atoms with van der Waals surface area (Å²) in [4.78, 5) is 11.5. The van der Waals surface area contributed by atoms with Crippen LogP contribution in [-0.4, -0.2) is 5.97 Å². The molecule has 0 aliphatic carbocycles. The lowest BCUT2D eigenvalue weighted by molar-refractivity contribution is -0.131. The number of benzene rings is 2. The summed E-state index contributed by atoms with van der Waals surface area (Å²) >= 11 is 0. The first-order valence-electron chi connectivity index (χ1n) is 5.95. The molecule has 0 N–H and O–H groups in total. The Hall–Kier alpha value is -3.00. The van der Waals surface area contributed by atoms with Crippen molar-refractivity contribution in [2.24, 2.45) is 0 Å². The predicted molar refractivity (Wildman–Crippen MR) is 72.4 cm³/mol. The summed E-state index contributed by atoms with van der Waals surface area (Å²) in [6.45, 7) is 0. The number of ether oxygens (including phenoxy) is 1. The van der Waals surface area contributed by atoms with Crippen molar-refractivity contribution in [2.75, 3.05) is 0 Å². The van der Waals surface area contributed by atoms with Gasteiger partial charge in [-0.15, -0.1) is 0 Å². The minimum Gasteiger partial charge on any atom is -0.421 e. The van der Waals surface area contributed by atoms with Gasteiger partial charge in [-0.1, -0.05) is 30.3 Å². The smallest absolute Gasteiger partial charge is 0.375 e. The maximum atomic E-state index is 13.8. The Bertz CT molecular complexity index is 716. The monoisotopic (exact) mass is 285 g/mol. The minimum atomic E-state index is -1.61. The van der Waals surface area contributed by atoms with Gasteiger partial charge in [-0.3, -0.25) is 0 Å². The van der Waals surface area contributed by atoms with Gasteiger partial charge in [0.1, 0.15) is 5.75 Å². The van der Waals surface area contributed by atoms with Crippen molar-refractivity contribution < 1.29 is 18.3 Å². The lowest BCUT2D eigenvalue weighted by atomic mass is 10.2. The van der Waals surface area contributed by atoms with Crippen molar-refractivity contribution in [3.8, 4) is 11.8 Å². The molecule has 0 saturated carbocycles. The second kappa shape index (κ2) is 6.44. The molecule has 0 unspecified atom stereocenters. The van der Waals surface area contributed by atoms with Crippen LogP contribution in [0.25, 0.3) is 5.83 Å². The molecule has 0 aliphatic rings. The molecule has 3 nitrogen and oxygen atoms in total. The van der Waals surface area contributed by atoms with Gasteiger partial charge in [0.2, 0.25) is 5.83 Å². The molecule has 0 radical (unpaired) electrons. The Morgan fingerprint density at radius 3 is 2.19 bits per heavy atom. The van der Waals surface area contributed by atoms with Gasteiger partial charge in [0.05, 0.1) is 11.6 Å². The zero-order chi connectivity index (χ0) is 15.2. The van der Waals surface area contributed by atoms with Crippen molar-refractivity contribution in [1.82, 2.24) is 0 Å². The number of carbonyl (C=O) groups excluding carboxylic acids is 1. The van der Waals surface area contributed by atoms with Crippen molar-refractivity contribution >= 4 is 11.8 Å². The molecular weight excluding hydrogens is 276 g/mol. The fraction of sp³-hybridized carbons (Fsp3) is 0. The first kappa shape index (κ1) is 14.4. The van der Waals surface area contributed by atoms with Crippen LogP contribution in [0.2, 0.25) is 0 Å². The maximum absolute atomic E-state index is 13.8. The van der Waals surface area contributed by atoms with Crippen LogP contribution in [0.3, 0.4) is 0 Å². The Labute approximate surface area is 119 Å². The molecule has 0 saturated heterocycles. The molecule has 0 amide bonds. The average Bonchev–Trinajstić information content (AvgIpc) is 2.55. The van der Waals surface area contributed by atoms with E-state index in [0.717, 1.165) is 0 Å². The van der Waals surface area contributed by atoms with E-state index in [1.165, 1.54) is 48.5 Å². The quantitative estimate of drug-likeness (QED) is 0.490. The number of hydrogen-bond donors (Lipinski definition) is 0. The fourth-order valence-electron chi connectivity index (χ4n) is 1.55. The van der Waals surface area contributed by atoms with Gasteiger partial charge in [-0.2, -0.15) is 9.65 Å². The largest absolute Gasteiger partial charge is 0.421 e. The number of nitriles is 1. The molecule has 21 heavy (non-hydrogen) atoms. The SMILES string of the molecule is N#Cc1ccc(OC(=O)/C(F)=C(/F)c2ccccc2)cc1. The molecular formula is C16H9F2NO2. The summed E-state index contributed by atoms with van der Waals surface area (Å²) in [5.74, 6) is -4.30. The van der Waals surface area contributed by atoms with Gasteiger partial charge in [0.15, 0.2) is 5.83 Å². The summed E-state index contributed by atoms with van der Waals surface area (Å²) in [6, 6.07) is 14.7. The van der Waals surface area contributed by atoms with E-state index in [0.29, 0.717) is 5.56 Å². The molecule has 0 fully saturated rings. The second-order valence-electron chi connectivity index (χ2n) is 4.02. The predicted octanol–water partition coefficient (Wildman–Crippen LogP) is 3.77. The van der Waals surface area contributed by atoms with Crippen molar-refractivity contribution in [2.45, 2.75) is 0 Å². The van der Waals surface area contributed by atoms with E-state index >= 15 is 0 Å². The van der Waals surface area contributed by atoms with Crippen molar-refractivity contribution in [3.05, 3.63) is 71.6 Å². The van der Waals surface area contributed by atoms with Crippen LogP contribution in [0.4, 0.5) is 8.78 Å². The Morgan fingerprint density at radius 1 is 1.00 bits per heavy atom. The highest BCUT2D eigenvalue weighted by Crippen LogP contribution is 2.23. The van der Waals surface area contributed by atoms with Gasteiger partial charge < -0.3 is 4.74 Å². The third kappa shape index (κ3) is 3.51. The van der Waals surface area contributed by atoms with Crippen molar-refractivity contribution in [3.63, 3.8) is 0 Å². The van der Waals surface area contributed by atoms with E-state index in [2.05, 4.69) is 0 Å². The van der Waals surface area contributed by atoms with E-state index in [9.17, 15) is 13.6 Å². The molecule has 2 aromatic rings. The molecule has 0 spiro atoms. The molecule has 0 atom stereocenters. The number of hydrogen-bond acceptors (Lipinski definition) is 3. The highest BCUT2D eigenvalue weighted by atomic mass is 19.2. The number of halogens is 2. The lowest BCUT2D eigenvalue weighted by Crippen LogP contribution is -2.09. The Balaban J connectivity index is 2.17. The van der Waals surface area contributed by atoms with Crippen LogP contribution in [0.1, 0.15) is 11.1 Å². The molecule has 0 bridgehead atoms.